The largest absolute Gasteiger partial charge is 0.192 e. The molecule has 0 aromatic heterocycles. The zero-order valence-corrected chi connectivity index (χ0v) is 9.75. The molecule has 0 aliphatic heterocycles. The minimum absolute atomic E-state index is 0.226. The molecule has 1 unspecified atom stereocenters. The van der Waals surface area contributed by atoms with Crippen molar-refractivity contribution in [2.24, 2.45) is 5.92 Å². The quantitative estimate of drug-likeness (QED) is 0.503. The third-order valence-corrected chi connectivity index (χ3v) is 2.18. The SMILES string of the molecule is CC(C)=CCCC(C)CC=C(C#N)C#N. The first-order valence-corrected chi connectivity index (χ1v) is 5.23. The van der Waals surface area contributed by atoms with Crippen LogP contribution >= 0.6 is 0 Å². The lowest BCUT2D eigenvalue weighted by Crippen LogP contribution is -1.92. The average molecular weight is 202 g/mol. The second-order valence-electron chi connectivity index (χ2n) is 4.04. The lowest BCUT2D eigenvalue weighted by molar-refractivity contribution is 0.545. The lowest BCUT2D eigenvalue weighted by atomic mass is 10.00. The van der Waals surface area contributed by atoms with E-state index in [1.807, 2.05) is 12.1 Å². The maximum Gasteiger partial charge on any atom is 0.125 e. The Hall–Kier alpha value is -1.54. The summed E-state index contributed by atoms with van der Waals surface area (Å²) in [7, 11) is 0. The third-order valence-electron chi connectivity index (χ3n) is 2.18. The smallest absolute Gasteiger partial charge is 0.125 e. The van der Waals surface area contributed by atoms with E-state index in [1.54, 1.807) is 6.08 Å². The van der Waals surface area contributed by atoms with Crippen LogP contribution in [0.4, 0.5) is 0 Å². The van der Waals surface area contributed by atoms with Gasteiger partial charge in [-0.3, -0.25) is 0 Å². The maximum atomic E-state index is 8.54. The van der Waals surface area contributed by atoms with Crippen molar-refractivity contribution >= 4 is 0 Å². The Balaban J connectivity index is 3.92. The van der Waals surface area contributed by atoms with Gasteiger partial charge in [-0.25, -0.2) is 0 Å². The first kappa shape index (κ1) is 13.5. The topological polar surface area (TPSA) is 47.6 Å². The van der Waals surface area contributed by atoms with Crippen LogP contribution in [0.3, 0.4) is 0 Å². The van der Waals surface area contributed by atoms with Gasteiger partial charge in [-0.05, 0) is 39.0 Å². The Bertz CT molecular complexity index is 303. The summed E-state index contributed by atoms with van der Waals surface area (Å²) < 4.78 is 0. The molecule has 0 spiro atoms. The minimum Gasteiger partial charge on any atom is -0.192 e. The van der Waals surface area contributed by atoms with Crippen LogP contribution in [0.25, 0.3) is 0 Å². The van der Waals surface area contributed by atoms with Gasteiger partial charge in [0.15, 0.2) is 0 Å². The van der Waals surface area contributed by atoms with E-state index < -0.39 is 0 Å². The minimum atomic E-state index is 0.226. The van der Waals surface area contributed by atoms with Crippen LogP contribution in [0, 0.1) is 28.6 Å². The summed E-state index contributed by atoms with van der Waals surface area (Å²) in [5.74, 6) is 0.525. The van der Waals surface area contributed by atoms with Crippen molar-refractivity contribution in [3.8, 4) is 12.1 Å². The Labute approximate surface area is 92.5 Å². The summed E-state index contributed by atoms with van der Waals surface area (Å²) in [5, 5.41) is 17.1. The van der Waals surface area contributed by atoms with Gasteiger partial charge in [-0.15, -0.1) is 0 Å². The standard InChI is InChI=1S/C13H18N2/c1-11(2)5-4-6-12(3)7-8-13(9-14)10-15/h5,8,12H,4,6-7H2,1-3H3. The van der Waals surface area contributed by atoms with Crippen molar-refractivity contribution in [1.29, 1.82) is 10.5 Å². The average Bonchev–Trinajstić information content (AvgIpc) is 2.18. The molecule has 0 saturated heterocycles. The van der Waals surface area contributed by atoms with E-state index in [4.69, 9.17) is 10.5 Å². The van der Waals surface area contributed by atoms with Crippen molar-refractivity contribution < 1.29 is 0 Å². The highest BCUT2D eigenvalue weighted by atomic mass is 14.3. The molecule has 0 bridgehead atoms. The van der Waals surface area contributed by atoms with Crippen LogP contribution in [0.2, 0.25) is 0 Å². The molecular weight excluding hydrogens is 184 g/mol. The van der Waals surface area contributed by atoms with E-state index in [0.29, 0.717) is 5.92 Å². The summed E-state index contributed by atoms with van der Waals surface area (Å²) in [5.41, 5.74) is 1.57. The van der Waals surface area contributed by atoms with Crippen molar-refractivity contribution in [2.45, 2.75) is 40.0 Å². The second kappa shape index (κ2) is 7.83. The van der Waals surface area contributed by atoms with Crippen molar-refractivity contribution in [2.75, 3.05) is 0 Å². The van der Waals surface area contributed by atoms with Crippen LogP contribution in [0.5, 0.6) is 0 Å². The number of hydrogen-bond acceptors (Lipinski definition) is 2. The molecule has 2 heteroatoms. The molecule has 1 atom stereocenters. The van der Waals surface area contributed by atoms with Gasteiger partial charge in [0.25, 0.3) is 0 Å². The van der Waals surface area contributed by atoms with Crippen LogP contribution in [0.1, 0.15) is 40.0 Å². The van der Waals surface area contributed by atoms with E-state index in [0.717, 1.165) is 19.3 Å². The first-order valence-electron chi connectivity index (χ1n) is 5.23. The number of hydrogen-bond donors (Lipinski definition) is 0. The van der Waals surface area contributed by atoms with Gasteiger partial charge in [0.1, 0.15) is 17.7 Å². The maximum absolute atomic E-state index is 8.54. The molecule has 15 heavy (non-hydrogen) atoms. The molecule has 0 aromatic carbocycles. The van der Waals surface area contributed by atoms with Gasteiger partial charge in [0.05, 0.1) is 0 Å². The third kappa shape index (κ3) is 7.52. The number of rotatable bonds is 5. The first-order chi connectivity index (χ1) is 7.10. The van der Waals surface area contributed by atoms with Gasteiger partial charge < -0.3 is 0 Å². The lowest BCUT2D eigenvalue weighted by Gasteiger charge is -2.05. The highest BCUT2D eigenvalue weighted by Gasteiger charge is 2.00. The normalized spacial score (nSPS) is 10.7. The molecule has 0 heterocycles. The molecule has 80 valence electrons. The van der Waals surface area contributed by atoms with Gasteiger partial charge >= 0.3 is 0 Å². The van der Waals surface area contributed by atoms with E-state index in [9.17, 15) is 0 Å². The van der Waals surface area contributed by atoms with E-state index in [-0.39, 0.29) is 5.57 Å². The zero-order valence-electron chi connectivity index (χ0n) is 9.75. The highest BCUT2D eigenvalue weighted by molar-refractivity contribution is 5.34. The van der Waals surface area contributed by atoms with Crippen molar-refractivity contribution in [3.05, 3.63) is 23.3 Å². The molecule has 0 aliphatic rings. The molecule has 0 fully saturated rings. The number of allylic oxidation sites excluding steroid dienone is 4. The summed E-state index contributed by atoms with van der Waals surface area (Å²) >= 11 is 0. The molecule has 0 rings (SSSR count). The number of nitriles is 2. The molecule has 0 radical (unpaired) electrons. The summed E-state index contributed by atoms with van der Waals surface area (Å²) in [6, 6.07) is 3.74. The summed E-state index contributed by atoms with van der Waals surface area (Å²) in [4.78, 5) is 0. The summed E-state index contributed by atoms with van der Waals surface area (Å²) in [6.07, 6.45) is 6.94. The predicted octanol–water partition coefficient (Wildman–Crippen LogP) is 3.73. The Kier molecular flexibility index (Phi) is 7.02. The molecular formula is C13H18N2. The predicted molar refractivity (Wildman–Crippen MR) is 61.8 cm³/mol. The summed E-state index contributed by atoms with van der Waals surface area (Å²) in [6.45, 7) is 6.32. The fourth-order valence-electron chi connectivity index (χ4n) is 1.21. The van der Waals surface area contributed by atoms with E-state index in [1.165, 1.54) is 5.57 Å². The van der Waals surface area contributed by atoms with Crippen molar-refractivity contribution in [3.63, 3.8) is 0 Å². The Morgan fingerprint density at radius 3 is 2.27 bits per heavy atom. The second-order valence-corrected chi connectivity index (χ2v) is 4.04. The van der Waals surface area contributed by atoms with Gasteiger partial charge in [-0.2, -0.15) is 10.5 Å². The molecule has 0 saturated carbocycles. The monoisotopic (exact) mass is 202 g/mol. The van der Waals surface area contributed by atoms with Crippen LogP contribution < -0.4 is 0 Å². The Morgan fingerprint density at radius 2 is 1.80 bits per heavy atom. The molecule has 0 amide bonds. The van der Waals surface area contributed by atoms with E-state index >= 15 is 0 Å². The van der Waals surface area contributed by atoms with E-state index in [2.05, 4.69) is 26.8 Å². The van der Waals surface area contributed by atoms with Gasteiger partial charge in [0.2, 0.25) is 0 Å². The highest BCUT2D eigenvalue weighted by Crippen LogP contribution is 2.13. The van der Waals surface area contributed by atoms with Crippen LogP contribution in [0.15, 0.2) is 23.3 Å². The van der Waals surface area contributed by atoms with Gasteiger partial charge in [-0.1, -0.05) is 24.6 Å². The zero-order chi connectivity index (χ0) is 11.7. The molecule has 0 N–H and O–H groups in total. The molecule has 2 nitrogen and oxygen atoms in total. The van der Waals surface area contributed by atoms with Crippen molar-refractivity contribution in [1.82, 2.24) is 0 Å². The van der Waals surface area contributed by atoms with Crippen LogP contribution in [-0.4, -0.2) is 0 Å². The molecule has 0 aromatic rings. The molecule has 0 aliphatic carbocycles. The fourth-order valence-corrected chi connectivity index (χ4v) is 1.21. The number of nitrogens with zero attached hydrogens (tertiary/aromatic N) is 2. The van der Waals surface area contributed by atoms with Gasteiger partial charge in [0, 0.05) is 0 Å². The Morgan fingerprint density at radius 1 is 1.20 bits per heavy atom. The van der Waals surface area contributed by atoms with Crippen LogP contribution in [-0.2, 0) is 0 Å². The fraction of sp³-hybridized carbons (Fsp3) is 0.538.